The van der Waals surface area contributed by atoms with Crippen LogP contribution in [0, 0.1) is 0 Å². The molecule has 0 bridgehead atoms. The molecular formula is C24H36N4O3+2. The van der Waals surface area contributed by atoms with Crippen molar-refractivity contribution in [2.75, 3.05) is 72.5 Å². The monoisotopic (exact) mass is 428 g/mol. The van der Waals surface area contributed by atoms with E-state index in [9.17, 15) is 4.79 Å². The van der Waals surface area contributed by atoms with Crippen LogP contribution < -0.4 is 29.5 Å². The maximum Gasteiger partial charge on any atom is 0.258 e. The fourth-order valence-electron chi connectivity index (χ4n) is 3.96. The zero-order valence-electron chi connectivity index (χ0n) is 19.1. The maximum atomic E-state index is 12.5. The summed E-state index contributed by atoms with van der Waals surface area (Å²) >= 11 is 0. The van der Waals surface area contributed by atoms with Crippen molar-refractivity contribution in [3.63, 3.8) is 0 Å². The summed E-state index contributed by atoms with van der Waals surface area (Å²) in [5.41, 5.74) is 2.44. The fraction of sp³-hybridized carbons (Fsp3) is 0.458. The lowest BCUT2D eigenvalue weighted by Crippen LogP contribution is -3.27. The van der Waals surface area contributed by atoms with E-state index in [1.807, 2.05) is 32.3 Å². The van der Waals surface area contributed by atoms with Crippen LogP contribution in [0.1, 0.15) is 11.6 Å². The highest BCUT2D eigenvalue weighted by Crippen LogP contribution is 2.19. The van der Waals surface area contributed by atoms with Gasteiger partial charge in [-0.05, 0) is 24.3 Å². The van der Waals surface area contributed by atoms with Crippen LogP contribution in [0.5, 0.6) is 11.5 Å². The number of nitrogens with one attached hydrogen (secondary N) is 3. The molecule has 3 rings (SSSR count). The molecule has 1 aliphatic heterocycles. The van der Waals surface area contributed by atoms with Crippen molar-refractivity contribution in [3.05, 3.63) is 54.1 Å². The summed E-state index contributed by atoms with van der Waals surface area (Å²) in [6, 6.07) is 16.2. The van der Waals surface area contributed by atoms with E-state index in [1.54, 1.807) is 18.1 Å². The van der Waals surface area contributed by atoms with Crippen LogP contribution in [0.3, 0.4) is 0 Å². The van der Waals surface area contributed by atoms with E-state index in [2.05, 4.69) is 41.5 Å². The van der Waals surface area contributed by atoms with Gasteiger partial charge in [-0.25, -0.2) is 0 Å². The topological polar surface area (TPSA) is 59.7 Å². The Balaban J connectivity index is 1.61. The van der Waals surface area contributed by atoms with Gasteiger partial charge in [-0.3, -0.25) is 4.79 Å². The molecule has 0 unspecified atom stereocenters. The second-order valence-corrected chi connectivity index (χ2v) is 8.43. The Bertz CT molecular complexity index is 833. The van der Waals surface area contributed by atoms with Crippen LogP contribution >= 0.6 is 0 Å². The third-order valence-electron chi connectivity index (χ3n) is 5.96. The lowest BCUT2D eigenvalue weighted by Gasteiger charge is -2.33. The molecule has 1 amide bonds. The average molecular weight is 429 g/mol. The summed E-state index contributed by atoms with van der Waals surface area (Å²) in [7, 11) is 7.95. The zero-order valence-corrected chi connectivity index (χ0v) is 19.1. The van der Waals surface area contributed by atoms with Gasteiger partial charge in [0.1, 0.15) is 43.7 Å². The van der Waals surface area contributed by atoms with Crippen molar-refractivity contribution in [2.24, 2.45) is 0 Å². The number of rotatable bonds is 9. The summed E-state index contributed by atoms with van der Waals surface area (Å²) in [5, 5.41) is 3.09. The minimum atomic E-state index is -0.114. The molecule has 0 aromatic heterocycles. The number of likely N-dealkylation sites (N-methyl/N-ethyl adjacent to an activating group) is 1. The number of hydrogen-bond acceptors (Lipinski definition) is 4. The normalized spacial score (nSPS) is 19.4. The Morgan fingerprint density at radius 1 is 1.06 bits per heavy atom. The van der Waals surface area contributed by atoms with Gasteiger partial charge in [0.15, 0.2) is 6.61 Å². The summed E-state index contributed by atoms with van der Waals surface area (Å²) in [5.74, 6) is 1.22. The van der Waals surface area contributed by atoms with Gasteiger partial charge in [-0.2, -0.15) is 0 Å². The molecule has 7 heteroatoms. The highest BCUT2D eigenvalue weighted by atomic mass is 16.5. The molecule has 1 atom stereocenters. The van der Waals surface area contributed by atoms with E-state index < -0.39 is 0 Å². The first-order valence-electron chi connectivity index (χ1n) is 10.9. The molecule has 1 fully saturated rings. The molecule has 2 aromatic rings. The molecule has 0 radical (unpaired) electrons. The molecule has 1 aliphatic rings. The molecular weight excluding hydrogens is 392 g/mol. The number of hydrogen-bond donors (Lipinski definition) is 3. The average Bonchev–Trinajstić information content (AvgIpc) is 2.79. The Kier molecular flexibility index (Phi) is 8.14. The second kappa shape index (κ2) is 11.0. The van der Waals surface area contributed by atoms with Gasteiger partial charge in [0.2, 0.25) is 0 Å². The first-order valence-corrected chi connectivity index (χ1v) is 10.9. The van der Waals surface area contributed by atoms with Crippen LogP contribution in [0.15, 0.2) is 48.5 Å². The van der Waals surface area contributed by atoms with Gasteiger partial charge in [0.25, 0.3) is 5.91 Å². The predicted octanol–water partition coefficient (Wildman–Crippen LogP) is -0.589. The molecule has 168 valence electrons. The summed E-state index contributed by atoms with van der Waals surface area (Å²) in [4.78, 5) is 17.7. The van der Waals surface area contributed by atoms with Crippen LogP contribution in [0.4, 0.5) is 5.69 Å². The summed E-state index contributed by atoms with van der Waals surface area (Å²) in [6.45, 7) is 5.07. The largest absolute Gasteiger partial charge is 0.497 e. The minimum absolute atomic E-state index is 0.0122. The Morgan fingerprint density at radius 2 is 1.74 bits per heavy atom. The number of anilines is 1. The van der Waals surface area contributed by atoms with Gasteiger partial charge < -0.3 is 29.5 Å². The molecule has 0 saturated carbocycles. The van der Waals surface area contributed by atoms with Gasteiger partial charge >= 0.3 is 0 Å². The van der Waals surface area contributed by atoms with Crippen LogP contribution in [-0.4, -0.2) is 73.5 Å². The molecule has 2 aromatic carbocycles. The summed E-state index contributed by atoms with van der Waals surface area (Å²) < 4.78 is 10.8. The van der Waals surface area contributed by atoms with E-state index in [0.29, 0.717) is 18.0 Å². The Hall–Kier alpha value is -2.77. The van der Waals surface area contributed by atoms with Crippen LogP contribution in [-0.2, 0) is 4.79 Å². The zero-order chi connectivity index (χ0) is 22.2. The number of piperazine rings is 1. The highest BCUT2D eigenvalue weighted by molar-refractivity contribution is 5.77. The van der Waals surface area contributed by atoms with E-state index in [0.717, 1.165) is 26.2 Å². The second-order valence-electron chi connectivity index (χ2n) is 8.43. The van der Waals surface area contributed by atoms with Crippen LogP contribution in [0.2, 0.25) is 0 Å². The molecule has 31 heavy (non-hydrogen) atoms. The molecule has 3 N–H and O–H groups in total. The number of ether oxygens (including phenoxy) is 2. The summed E-state index contributed by atoms with van der Waals surface area (Å²) in [6.07, 6.45) is 0. The van der Waals surface area contributed by atoms with Crippen molar-refractivity contribution >= 4 is 11.6 Å². The standard InChI is InChI=1S/C24H34N4O3/c1-26(2)20-10-8-19(9-11-20)23(28-14-12-27(3)13-15-28)17-25-24(29)18-31-22-7-5-6-21(16-22)30-4/h5-11,16,23H,12-15,17-18H2,1-4H3,(H,25,29)/p+2/t23-/m1/s1. The number of benzene rings is 2. The molecule has 0 spiro atoms. The van der Waals surface area contributed by atoms with E-state index >= 15 is 0 Å². The molecule has 0 aliphatic carbocycles. The number of carbonyl (C=O) groups is 1. The molecule has 1 heterocycles. The third kappa shape index (κ3) is 6.60. The van der Waals surface area contributed by atoms with Gasteiger partial charge in [0.05, 0.1) is 20.7 Å². The first-order chi connectivity index (χ1) is 15.0. The number of carbonyl (C=O) groups excluding carboxylic acids is 1. The third-order valence-corrected chi connectivity index (χ3v) is 5.96. The SMILES string of the molecule is COc1cccc(OCC(=O)NC[C@H](c2ccc(N(C)C)cc2)[NH+]2CC[NH+](C)CC2)c1. The number of amides is 1. The quantitative estimate of drug-likeness (QED) is 0.500. The van der Waals surface area contributed by atoms with E-state index in [1.165, 1.54) is 16.2 Å². The van der Waals surface area contributed by atoms with Crippen molar-refractivity contribution in [1.82, 2.24) is 5.32 Å². The van der Waals surface area contributed by atoms with E-state index in [-0.39, 0.29) is 18.6 Å². The Labute approximate surface area is 185 Å². The fourth-order valence-corrected chi connectivity index (χ4v) is 3.96. The number of quaternary nitrogens is 2. The number of nitrogens with zero attached hydrogens (tertiary/aromatic N) is 1. The van der Waals surface area contributed by atoms with Crippen molar-refractivity contribution in [2.45, 2.75) is 6.04 Å². The number of methoxy groups -OCH3 is 1. The first kappa shape index (κ1) is 22.9. The molecule has 7 nitrogen and oxygen atoms in total. The predicted molar refractivity (Wildman–Crippen MR) is 122 cm³/mol. The van der Waals surface area contributed by atoms with Gasteiger partial charge in [0, 0.05) is 31.4 Å². The minimum Gasteiger partial charge on any atom is -0.497 e. The van der Waals surface area contributed by atoms with Crippen LogP contribution in [0.25, 0.3) is 0 Å². The molecule has 1 saturated heterocycles. The van der Waals surface area contributed by atoms with Crippen molar-refractivity contribution in [1.29, 1.82) is 0 Å². The van der Waals surface area contributed by atoms with Crippen molar-refractivity contribution < 1.29 is 24.1 Å². The Morgan fingerprint density at radius 3 is 2.39 bits per heavy atom. The van der Waals surface area contributed by atoms with Crippen molar-refractivity contribution in [3.8, 4) is 11.5 Å². The lowest BCUT2D eigenvalue weighted by molar-refractivity contribution is -1.02. The van der Waals surface area contributed by atoms with Gasteiger partial charge in [-0.1, -0.05) is 18.2 Å². The lowest BCUT2D eigenvalue weighted by atomic mass is 10.0. The smallest absolute Gasteiger partial charge is 0.258 e. The maximum absolute atomic E-state index is 12.5. The van der Waals surface area contributed by atoms with E-state index in [4.69, 9.17) is 9.47 Å². The van der Waals surface area contributed by atoms with Gasteiger partial charge in [-0.15, -0.1) is 0 Å². The highest BCUT2D eigenvalue weighted by Gasteiger charge is 2.29.